The minimum Gasteiger partial charge on any atom is -0.493 e. The Morgan fingerprint density at radius 1 is 1.19 bits per heavy atom. The number of aromatic nitrogens is 2. The van der Waals surface area contributed by atoms with Crippen LogP contribution in [0.4, 0.5) is 4.79 Å². The van der Waals surface area contributed by atoms with Gasteiger partial charge in [-0.2, -0.15) is 0 Å². The maximum absolute atomic E-state index is 13.3. The number of hydrogen-bond donors (Lipinski definition) is 1. The van der Waals surface area contributed by atoms with Crippen molar-refractivity contribution in [3.05, 3.63) is 65.1 Å². The van der Waals surface area contributed by atoms with Crippen LogP contribution in [0.5, 0.6) is 5.75 Å². The summed E-state index contributed by atoms with van der Waals surface area (Å²) in [5.41, 5.74) is 0.929. The Morgan fingerprint density at radius 3 is 2.93 bits per heavy atom. The molecule has 1 atom stereocenters. The number of carbonyl (C=O) groups excluding carboxylic acids is 2. The molecule has 2 aromatic heterocycles. The van der Waals surface area contributed by atoms with Crippen LogP contribution in [0.1, 0.15) is 17.7 Å². The fourth-order valence-electron chi connectivity index (χ4n) is 3.77. The van der Waals surface area contributed by atoms with Gasteiger partial charge in [-0.3, -0.25) is 9.69 Å². The Balaban J connectivity index is 1.50. The number of para-hydroxylation sites is 1. The number of nitrogens with zero attached hydrogens (tertiary/aromatic N) is 3. The molecule has 1 aromatic carbocycles. The molecule has 5 rings (SSSR count). The molecule has 0 saturated carbocycles. The van der Waals surface area contributed by atoms with E-state index in [0.29, 0.717) is 40.7 Å². The first-order valence-electron chi connectivity index (χ1n) is 8.56. The van der Waals surface area contributed by atoms with E-state index < -0.39 is 11.6 Å². The van der Waals surface area contributed by atoms with Crippen molar-refractivity contribution in [2.24, 2.45) is 0 Å². The van der Waals surface area contributed by atoms with E-state index >= 15 is 0 Å². The highest BCUT2D eigenvalue weighted by atomic mass is 35.5. The lowest BCUT2D eigenvalue weighted by Crippen LogP contribution is -2.47. The van der Waals surface area contributed by atoms with E-state index in [4.69, 9.17) is 16.3 Å². The Bertz CT molecular complexity index is 1100. The first-order chi connectivity index (χ1) is 13.1. The summed E-state index contributed by atoms with van der Waals surface area (Å²) in [5.74, 6) is 0.347. The normalized spacial score (nSPS) is 21.4. The molecule has 1 spiro atoms. The highest BCUT2D eigenvalue weighted by Gasteiger charge is 2.54. The van der Waals surface area contributed by atoms with Crippen molar-refractivity contribution in [3.63, 3.8) is 0 Å². The first-order valence-corrected chi connectivity index (χ1v) is 8.94. The fourth-order valence-corrected chi connectivity index (χ4v) is 3.94. The quantitative estimate of drug-likeness (QED) is 0.691. The number of ether oxygens (including phenoxy) is 1. The largest absolute Gasteiger partial charge is 0.493 e. The van der Waals surface area contributed by atoms with Crippen LogP contribution in [0.2, 0.25) is 5.02 Å². The molecule has 4 heterocycles. The van der Waals surface area contributed by atoms with Crippen LogP contribution >= 0.6 is 11.6 Å². The van der Waals surface area contributed by atoms with Crippen molar-refractivity contribution in [2.75, 3.05) is 6.61 Å². The molecular weight excluding hydrogens is 368 g/mol. The molecule has 2 aliphatic heterocycles. The molecule has 0 unspecified atom stereocenters. The molecule has 8 heteroatoms. The molecule has 3 aromatic rings. The minimum absolute atomic E-state index is 0.0920. The zero-order chi connectivity index (χ0) is 18.6. The van der Waals surface area contributed by atoms with Crippen LogP contribution in [0, 0.1) is 0 Å². The Kier molecular flexibility index (Phi) is 3.42. The zero-order valence-electron chi connectivity index (χ0n) is 14.2. The standard InChI is InChI=1S/C19H15ClN4O3/c20-12-5-6-16-21-13(10-23(16)9-12)11-24-17(25)19(22-18(24)26)7-8-27-15-4-2-1-3-14(15)19/h1-6,9-10H,7-8,11H2,(H,22,26)/t19-/m0/s1. The van der Waals surface area contributed by atoms with E-state index in [1.807, 2.05) is 24.3 Å². The van der Waals surface area contributed by atoms with Crippen molar-refractivity contribution in [1.29, 1.82) is 0 Å². The van der Waals surface area contributed by atoms with E-state index in [0.717, 1.165) is 0 Å². The number of imidazole rings is 1. The van der Waals surface area contributed by atoms with E-state index in [9.17, 15) is 9.59 Å². The summed E-state index contributed by atoms with van der Waals surface area (Å²) < 4.78 is 7.42. The summed E-state index contributed by atoms with van der Waals surface area (Å²) in [6, 6.07) is 10.4. The third-order valence-electron chi connectivity index (χ3n) is 5.04. The predicted molar refractivity (Wildman–Crippen MR) is 97.5 cm³/mol. The van der Waals surface area contributed by atoms with Gasteiger partial charge in [-0.05, 0) is 18.2 Å². The Labute approximate surface area is 159 Å². The Morgan fingerprint density at radius 2 is 2.04 bits per heavy atom. The van der Waals surface area contributed by atoms with Gasteiger partial charge in [0.25, 0.3) is 5.91 Å². The van der Waals surface area contributed by atoms with Crippen molar-refractivity contribution in [1.82, 2.24) is 19.6 Å². The number of carbonyl (C=O) groups is 2. The van der Waals surface area contributed by atoms with Crippen molar-refractivity contribution in [2.45, 2.75) is 18.5 Å². The summed E-state index contributed by atoms with van der Waals surface area (Å²) in [7, 11) is 0. The Hall–Kier alpha value is -3.06. The number of amides is 3. The molecule has 1 saturated heterocycles. The lowest BCUT2D eigenvalue weighted by molar-refractivity contribution is -0.133. The summed E-state index contributed by atoms with van der Waals surface area (Å²) in [4.78, 5) is 31.6. The third-order valence-corrected chi connectivity index (χ3v) is 5.27. The number of nitrogens with one attached hydrogen (secondary N) is 1. The average Bonchev–Trinajstić information content (AvgIpc) is 3.16. The van der Waals surface area contributed by atoms with Crippen molar-refractivity contribution < 1.29 is 14.3 Å². The van der Waals surface area contributed by atoms with Gasteiger partial charge in [-0.15, -0.1) is 0 Å². The number of halogens is 1. The molecule has 1 N–H and O–H groups in total. The van der Waals surface area contributed by atoms with Gasteiger partial charge < -0.3 is 14.5 Å². The van der Waals surface area contributed by atoms with Gasteiger partial charge in [0.15, 0.2) is 5.54 Å². The lowest BCUT2D eigenvalue weighted by Gasteiger charge is -2.33. The van der Waals surface area contributed by atoms with Gasteiger partial charge in [0, 0.05) is 24.4 Å². The average molecular weight is 383 g/mol. The second-order valence-electron chi connectivity index (χ2n) is 6.67. The monoisotopic (exact) mass is 382 g/mol. The molecule has 2 aliphatic rings. The van der Waals surface area contributed by atoms with E-state index in [2.05, 4.69) is 10.3 Å². The number of hydrogen-bond acceptors (Lipinski definition) is 4. The molecule has 136 valence electrons. The minimum atomic E-state index is -1.08. The van der Waals surface area contributed by atoms with Crippen molar-refractivity contribution >= 4 is 29.2 Å². The van der Waals surface area contributed by atoms with E-state index in [1.54, 1.807) is 28.9 Å². The highest BCUT2D eigenvalue weighted by Crippen LogP contribution is 2.41. The predicted octanol–water partition coefficient (Wildman–Crippen LogP) is 2.72. The second kappa shape index (κ2) is 5.72. The first kappa shape index (κ1) is 16.1. The number of rotatable bonds is 2. The van der Waals surface area contributed by atoms with E-state index in [-0.39, 0.29) is 12.5 Å². The summed E-state index contributed by atoms with van der Waals surface area (Å²) in [6.45, 7) is 0.457. The van der Waals surface area contributed by atoms with Gasteiger partial charge in [0.1, 0.15) is 11.4 Å². The van der Waals surface area contributed by atoms with Gasteiger partial charge >= 0.3 is 6.03 Å². The maximum atomic E-state index is 13.3. The number of urea groups is 1. The lowest BCUT2D eigenvalue weighted by atomic mass is 9.84. The smallest absolute Gasteiger partial charge is 0.325 e. The van der Waals surface area contributed by atoms with E-state index in [1.165, 1.54) is 4.90 Å². The summed E-state index contributed by atoms with van der Waals surface area (Å²) in [6.07, 6.45) is 3.89. The summed E-state index contributed by atoms with van der Waals surface area (Å²) in [5, 5.41) is 3.47. The zero-order valence-corrected chi connectivity index (χ0v) is 14.9. The van der Waals surface area contributed by atoms with Gasteiger partial charge in [0.2, 0.25) is 0 Å². The van der Waals surface area contributed by atoms with Crippen LogP contribution in [0.25, 0.3) is 5.65 Å². The number of fused-ring (bicyclic) bond motifs is 3. The van der Waals surface area contributed by atoms with Crippen LogP contribution < -0.4 is 10.1 Å². The number of pyridine rings is 1. The molecule has 0 radical (unpaired) electrons. The van der Waals surface area contributed by atoms with Gasteiger partial charge in [0.05, 0.1) is 23.9 Å². The molecule has 7 nitrogen and oxygen atoms in total. The molecular formula is C19H15ClN4O3. The van der Waals surface area contributed by atoms with Crippen LogP contribution in [0.15, 0.2) is 48.8 Å². The fraction of sp³-hybridized carbons (Fsp3) is 0.211. The van der Waals surface area contributed by atoms with Crippen molar-refractivity contribution in [3.8, 4) is 5.75 Å². The highest BCUT2D eigenvalue weighted by molar-refractivity contribution is 6.30. The van der Waals surface area contributed by atoms with Gasteiger partial charge in [-0.1, -0.05) is 29.8 Å². The SMILES string of the molecule is O=C1N[C@]2(CCOc3ccccc32)C(=O)N1Cc1cn2cc(Cl)ccc2n1. The second-order valence-corrected chi connectivity index (χ2v) is 7.10. The van der Waals surface area contributed by atoms with Crippen LogP contribution in [-0.4, -0.2) is 32.8 Å². The topological polar surface area (TPSA) is 75.9 Å². The molecule has 0 aliphatic carbocycles. The number of imide groups is 1. The molecule has 3 amide bonds. The van der Waals surface area contributed by atoms with Gasteiger partial charge in [-0.25, -0.2) is 9.78 Å². The molecule has 0 bridgehead atoms. The molecule has 27 heavy (non-hydrogen) atoms. The molecule has 1 fully saturated rings. The summed E-state index contributed by atoms with van der Waals surface area (Å²) >= 11 is 6.00. The third kappa shape index (κ3) is 2.39. The van der Waals surface area contributed by atoms with Crippen LogP contribution in [-0.2, 0) is 16.9 Å². The van der Waals surface area contributed by atoms with Crippen LogP contribution in [0.3, 0.4) is 0 Å². The number of benzene rings is 1. The maximum Gasteiger partial charge on any atom is 0.325 e.